The molecule has 0 aliphatic carbocycles. The average molecular weight is 313 g/mol. The molecule has 0 aliphatic rings. The molecule has 0 aliphatic heterocycles. The van der Waals surface area contributed by atoms with Crippen molar-refractivity contribution in [3.63, 3.8) is 0 Å². The molecule has 0 unspecified atom stereocenters. The highest BCUT2D eigenvalue weighted by Crippen LogP contribution is 2.19. The van der Waals surface area contributed by atoms with Crippen LogP contribution in [0.25, 0.3) is 0 Å². The standard InChI is InChI=1S/C10H15N7O3S/c1-12-8(18)5-17-4-7(3-14-17)15-21(19,20)10-9(11)13-6-16(10)2/h3-4,6,15H,5,11H2,1-2H3,(H,12,18). The lowest BCUT2D eigenvalue weighted by Gasteiger charge is -2.06. The molecule has 0 saturated heterocycles. The first-order valence-electron chi connectivity index (χ1n) is 5.86. The van der Waals surface area contributed by atoms with E-state index in [4.69, 9.17) is 5.73 Å². The zero-order chi connectivity index (χ0) is 15.6. The predicted molar refractivity (Wildman–Crippen MR) is 74.7 cm³/mol. The highest BCUT2D eigenvalue weighted by molar-refractivity contribution is 7.92. The number of nitrogen functional groups attached to an aromatic ring is 1. The first kappa shape index (κ1) is 14.8. The third kappa shape index (κ3) is 3.13. The number of hydrogen-bond acceptors (Lipinski definition) is 6. The number of carbonyl (C=O) groups is 1. The van der Waals surface area contributed by atoms with Gasteiger partial charge < -0.3 is 15.6 Å². The van der Waals surface area contributed by atoms with Gasteiger partial charge in [0, 0.05) is 20.3 Å². The fourth-order valence-electron chi connectivity index (χ4n) is 1.70. The molecule has 2 rings (SSSR count). The maximum Gasteiger partial charge on any atom is 0.281 e. The molecule has 21 heavy (non-hydrogen) atoms. The van der Waals surface area contributed by atoms with E-state index in [1.165, 1.54) is 42.1 Å². The second kappa shape index (κ2) is 5.44. The summed E-state index contributed by atoms with van der Waals surface area (Å²) >= 11 is 0. The number of likely N-dealkylation sites (N-methyl/N-ethyl adjacent to an activating group) is 1. The molecule has 11 heteroatoms. The van der Waals surface area contributed by atoms with Crippen molar-refractivity contribution in [1.82, 2.24) is 24.6 Å². The highest BCUT2D eigenvalue weighted by atomic mass is 32.2. The number of nitrogens with two attached hydrogens (primary N) is 1. The number of anilines is 2. The number of amides is 1. The zero-order valence-electron chi connectivity index (χ0n) is 11.4. The van der Waals surface area contributed by atoms with Crippen LogP contribution in [0.3, 0.4) is 0 Å². The van der Waals surface area contributed by atoms with Crippen molar-refractivity contribution in [3.8, 4) is 0 Å². The number of carbonyl (C=O) groups excluding carboxylic acids is 1. The average Bonchev–Trinajstić information content (AvgIpc) is 2.96. The molecule has 0 fully saturated rings. The molecular formula is C10H15N7O3S. The molecule has 2 aromatic rings. The van der Waals surface area contributed by atoms with Gasteiger partial charge in [-0.1, -0.05) is 0 Å². The van der Waals surface area contributed by atoms with E-state index in [0.29, 0.717) is 0 Å². The number of imidazole rings is 1. The Bertz CT molecular complexity index is 742. The third-order valence-electron chi connectivity index (χ3n) is 2.63. The number of rotatable bonds is 5. The monoisotopic (exact) mass is 313 g/mol. The van der Waals surface area contributed by atoms with Gasteiger partial charge in [-0.3, -0.25) is 14.2 Å². The molecule has 0 saturated carbocycles. The van der Waals surface area contributed by atoms with E-state index in [-0.39, 0.29) is 29.0 Å². The molecule has 2 heterocycles. The molecular weight excluding hydrogens is 298 g/mol. The minimum Gasteiger partial charge on any atom is -0.381 e. The van der Waals surface area contributed by atoms with E-state index in [9.17, 15) is 13.2 Å². The summed E-state index contributed by atoms with van der Waals surface area (Å²) in [5.74, 6) is -0.342. The van der Waals surface area contributed by atoms with Crippen LogP contribution in [0.2, 0.25) is 0 Å². The fraction of sp³-hybridized carbons (Fsp3) is 0.300. The highest BCUT2D eigenvalue weighted by Gasteiger charge is 2.23. The molecule has 4 N–H and O–H groups in total. The van der Waals surface area contributed by atoms with Crippen LogP contribution in [-0.4, -0.2) is 40.7 Å². The van der Waals surface area contributed by atoms with Gasteiger partial charge >= 0.3 is 0 Å². The van der Waals surface area contributed by atoms with Crippen molar-refractivity contribution in [2.45, 2.75) is 11.6 Å². The SMILES string of the molecule is CNC(=O)Cn1cc(NS(=O)(=O)c2c(N)ncn2C)cn1. The summed E-state index contributed by atoms with van der Waals surface area (Å²) in [4.78, 5) is 14.9. The van der Waals surface area contributed by atoms with Crippen LogP contribution in [0.1, 0.15) is 0 Å². The Hall–Kier alpha value is -2.56. The van der Waals surface area contributed by atoms with Gasteiger partial charge in [0.05, 0.1) is 18.2 Å². The first-order chi connectivity index (χ1) is 9.83. The molecule has 114 valence electrons. The number of aromatic nitrogens is 4. The first-order valence-corrected chi connectivity index (χ1v) is 7.34. The Morgan fingerprint density at radius 2 is 2.19 bits per heavy atom. The Morgan fingerprint density at radius 1 is 1.48 bits per heavy atom. The molecule has 0 aromatic carbocycles. The number of nitrogens with one attached hydrogen (secondary N) is 2. The minimum absolute atomic E-state index is 0.00786. The lowest BCUT2D eigenvalue weighted by Crippen LogP contribution is -2.23. The maximum absolute atomic E-state index is 12.2. The molecule has 1 amide bonds. The topological polar surface area (TPSA) is 137 Å². The van der Waals surface area contributed by atoms with Crippen LogP contribution in [0, 0.1) is 0 Å². The van der Waals surface area contributed by atoms with Crippen LogP contribution in [-0.2, 0) is 28.4 Å². The minimum atomic E-state index is -3.88. The lowest BCUT2D eigenvalue weighted by molar-refractivity contribution is -0.121. The van der Waals surface area contributed by atoms with Gasteiger partial charge in [0.2, 0.25) is 5.91 Å². The van der Waals surface area contributed by atoms with Crippen LogP contribution in [0.4, 0.5) is 11.5 Å². The van der Waals surface area contributed by atoms with E-state index < -0.39 is 10.0 Å². The van der Waals surface area contributed by atoms with Crippen molar-refractivity contribution in [1.29, 1.82) is 0 Å². The van der Waals surface area contributed by atoms with Gasteiger partial charge in [-0.05, 0) is 0 Å². The summed E-state index contributed by atoms with van der Waals surface area (Å²) in [7, 11) is -0.859. The Morgan fingerprint density at radius 3 is 2.76 bits per heavy atom. The Kier molecular flexibility index (Phi) is 3.84. The van der Waals surface area contributed by atoms with Gasteiger partial charge in [0.25, 0.3) is 10.0 Å². The van der Waals surface area contributed by atoms with E-state index in [2.05, 4.69) is 20.1 Å². The second-order valence-corrected chi connectivity index (χ2v) is 5.85. The van der Waals surface area contributed by atoms with Crippen molar-refractivity contribution in [3.05, 3.63) is 18.7 Å². The van der Waals surface area contributed by atoms with Crippen molar-refractivity contribution < 1.29 is 13.2 Å². The second-order valence-electron chi connectivity index (χ2n) is 4.25. The van der Waals surface area contributed by atoms with Gasteiger partial charge in [0.15, 0.2) is 10.8 Å². The number of nitrogens with zero attached hydrogens (tertiary/aromatic N) is 4. The third-order valence-corrected chi connectivity index (χ3v) is 4.14. The van der Waals surface area contributed by atoms with Gasteiger partial charge in [-0.2, -0.15) is 13.5 Å². The van der Waals surface area contributed by atoms with Gasteiger partial charge in [0.1, 0.15) is 6.54 Å². The van der Waals surface area contributed by atoms with E-state index >= 15 is 0 Å². The molecule has 10 nitrogen and oxygen atoms in total. The number of aryl methyl sites for hydroxylation is 1. The maximum atomic E-state index is 12.2. The van der Waals surface area contributed by atoms with Crippen molar-refractivity contribution >= 4 is 27.4 Å². The van der Waals surface area contributed by atoms with E-state index in [1.807, 2.05) is 0 Å². The van der Waals surface area contributed by atoms with Crippen LogP contribution >= 0.6 is 0 Å². The molecule has 0 atom stereocenters. The summed E-state index contributed by atoms with van der Waals surface area (Å²) in [5, 5.41) is 6.19. The van der Waals surface area contributed by atoms with E-state index in [0.717, 1.165) is 0 Å². The summed E-state index contributed by atoms with van der Waals surface area (Å²) in [6.07, 6.45) is 4.01. The summed E-state index contributed by atoms with van der Waals surface area (Å²) in [6.45, 7) is -0.00786. The molecule has 0 radical (unpaired) electrons. The summed E-state index contributed by atoms with van der Waals surface area (Å²) in [6, 6.07) is 0. The quantitative estimate of drug-likeness (QED) is 0.630. The summed E-state index contributed by atoms with van der Waals surface area (Å²) < 4.78 is 29.4. The Labute approximate surface area is 121 Å². The number of sulfonamides is 1. The van der Waals surface area contributed by atoms with Crippen LogP contribution in [0.5, 0.6) is 0 Å². The molecule has 0 spiro atoms. The normalized spacial score (nSPS) is 11.3. The smallest absolute Gasteiger partial charge is 0.281 e. The van der Waals surface area contributed by atoms with E-state index in [1.54, 1.807) is 0 Å². The van der Waals surface area contributed by atoms with Gasteiger partial charge in [-0.15, -0.1) is 0 Å². The predicted octanol–water partition coefficient (Wildman–Crippen LogP) is -1.25. The van der Waals surface area contributed by atoms with Crippen molar-refractivity contribution in [2.24, 2.45) is 7.05 Å². The lowest BCUT2D eigenvalue weighted by atomic mass is 10.6. The molecule has 0 bridgehead atoms. The largest absolute Gasteiger partial charge is 0.381 e. The molecule has 2 aromatic heterocycles. The summed E-state index contributed by atoms with van der Waals surface area (Å²) in [5.41, 5.74) is 5.77. The number of hydrogen-bond donors (Lipinski definition) is 3. The van der Waals surface area contributed by atoms with Gasteiger partial charge in [-0.25, -0.2) is 4.98 Å². The van der Waals surface area contributed by atoms with Crippen LogP contribution < -0.4 is 15.8 Å². The zero-order valence-corrected chi connectivity index (χ0v) is 12.3. The Balaban J connectivity index is 2.20. The van der Waals surface area contributed by atoms with Crippen molar-refractivity contribution in [2.75, 3.05) is 17.5 Å². The van der Waals surface area contributed by atoms with Crippen LogP contribution in [0.15, 0.2) is 23.7 Å². The fourth-order valence-corrected chi connectivity index (χ4v) is 2.96.